The third kappa shape index (κ3) is 18.9. The summed E-state index contributed by atoms with van der Waals surface area (Å²) in [5, 5.41) is 8.72. The number of aromatic nitrogens is 2. The Labute approximate surface area is 346 Å². The normalized spacial score (nSPS) is 18.6. The molecule has 0 bridgehead atoms. The van der Waals surface area contributed by atoms with Crippen LogP contribution in [0.1, 0.15) is 48.3 Å². The van der Waals surface area contributed by atoms with Crippen LogP contribution in [0.4, 0.5) is 5.82 Å². The topological polar surface area (TPSA) is 391 Å². The molecule has 0 radical (unpaired) electrons. The maximum absolute atomic E-state index is 12.7. The number of amides is 2. The van der Waals surface area contributed by atoms with Gasteiger partial charge in [0.25, 0.3) is 5.91 Å². The van der Waals surface area contributed by atoms with Gasteiger partial charge in [0.2, 0.25) is 5.91 Å². The number of Topliss-reactive ketones (excluding diaryl/α,β-unsaturated/α-hetero) is 1. The molecule has 2 heterocycles. The molecule has 0 aliphatic carbocycles. The lowest BCUT2D eigenvalue weighted by molar-refractivity contribution is -0.126. The summed E-state index contributed by atoms with van der Waals surface area (Å²) in [4.78, 5) is 91.3. The van der Waals surface area contributed by atoms with E-state index in [4.69, 9.17) is 44.7 Å². The Morgan fingerprint density at radius 2 is 1.90 bits per heavy atom. The second-order valence-corrected chi connectivity index (χ2v) is 16.7. The van der Waals surface area contributed by atoms with Crippen LogP contribution in [0.5, 0.6) is 5.75 Å². The van der Waals surface area contributed by atoms with Crippen LogP contribution in [0.25, 0.3) is 10.4 Å². The molecule has 8 N–H and O–H groups in total. The van der Waals surface area contributed by atoms with E-state index < -0.39 is 72.9 Å². The van der Waals surface area contributed by atoms with Crippen LogP contribution in [-0.2, 0) is 55.4 Å². The van der Waals surface area contributed by atoms with Crippen LogP contribution in [0.15, 0.2) is 40.4 Å². The average Bonchev–Trinajstić information content (AvgIpc) is 3.58. The van der Waals surface area contributed by atoms with Gasteiger partial charge in [0, 0.05) is 43.2 Å². The van der Waals surface area contributed by atoms with Gasteiger partial charge in [-0.1, -0.05) is 23.0 Å². The van der Waals surface area contributed by atoms with Crippen molar-refractivity contribution in [2.45, 2.75) is 50.8 Å². The number of methoxy groups -OCH3 is 1. The lowest BCUT2D eigenvalue weighted by Crippen LogP contribution is -2.29. The van der Waals surface area contributed by atoms with Crippen LogP contribution in [0.3, 0.4) is 0 Å². The first-order chi connectivity index (χ1) is 28.7. The maximum Gasteiger partial charge on any atom is 0.490 e. The van der Waals surface area contributed by atoms with Gasteiger partial charge < -0.3 is 64.4 Å². The highest BCUT2D eigenvalue weighted by atomic mass is 31.3. The van der Waals surface area contributed by atoms with Crippen molar-refractivity contribution in [2.75, 3.05) is 59.0 Å². The van der Waals surface area contributed by atoms with E-state index in [1.807, 2.05) is 0 Å². The largest absolute Gasteiger partial charge is 0.491 e. The van der Waals surface area contributed by atoms with E-state index in [9.17, 15) is 42.7 Å². The predicted octanol–water partition coefficient (Wildman–Crippen LogP) is 0.787. The number of anilines is 1. The molecule has 4 unspecified atom stereocenters. The van der Waals surface area contributed by atoms with Gasteiger partial charge in [-0.3, -0.25) is 18.7 Å². The van der Waals surface area contributed by atoms with Crippen molar-refractivity contribution in [1.82, 2.24) is 20.2 Å². The summed E-state index contributed by atoms with van der Waals surface area (Å²) in [7, 11) is -15.6. The van der Waals surface area contributed by atoms with E-state index in [-0.39, 0.29) is 55.9 Å². The molecule has 0 spiro atoms. The molecule has 1 fully saturated rings. The zero-order valence-corrected chi connectivity index (χ0v) is 35.0. The lowest BCUT2D eigenvalue weighted by Gasteiger charge is -2.20. The average molecular weight is 925 g/mol. The molecule has 336 valence electrons. The van der Waals surface area contributed by atoms with Gasteiger partial charge in [0.1, 0.15) is 42.9 Å². The van der Waals surface area contributed by atoms with Crippen LogP contribution in [-0.4, -0.2) is 118 Å². The number of carbonyl (C=O) groups excluding carboxylic acids is 3. The van der Waals surface area contributed by atoms with E-state index in [1.54, 1.807) is 18.2 Å². The van der Waals surface area contributed by atoms with Crippen molar-refractivity contribution in [3.63, 3.8) is 0 Å². The van der Waals surface area contributed by atoms with Crippen LogP contribution in [0, 0.1) is 11.8 Å². The number of azide groups is 1. The standard InChI is InChI=1S/C31H43N8O19P3/c1-20(40)6-4-11-35-30(42)21-7-3-9-23(14-21)54-19-27(37-38-33)53-13-12-52-18-26(41)34-10-5-8-22-16-39(31(43)36-29(22)32)28-15-24(51-2)25(56-28)17-55-60(47,48)58-61(49,50)57-59(44,45)46/h3,7,9,14,16,24-25,27-28H,4,6,10-13,15,17-19H2,1-2H3,(H,34,41)(H,35,42)(H,47,48)(H,49,50)(H2,32,36,43)(H2,44,45,46)/t24-,25?,27?,28+/m1/s1. The van der Waals surface area contributed by atoms with Crippen molar-refractivity contribution in [1.29, 1.82) is 0 Å². The minimum absolute atomic E-state index is 0.0266. The first kappa shape index (κ1) is 50.8. The number of phosphoric ester groups is 1. The predicted molar refractivity (Wildman–Crippen MR) is 206 cm³/mol. The van der Waals surface area contributed by atoms with Gasteiger partial charge in [0.15, 0.2) is 6.23 Å². The van der Waals surface area contributed by atoms with Gasteiger partial charge in [-0.15, -0.1) is 0 Å². The Morgan fingerprint density at radius 1 is 1.15 bits per heavy atom. The number of ether oxygens (including phenoxy) is 5. The van der Waals surface area contributed by atoms with Crippen molar-refractivity contribution in [3.8, 4) is 17.6 Å². The fraction of sp³-hybridized carbons (Fsp3) is 0.516. The molecule has 6 atom stereocenters. The van der Waals surface area contributed by atoms with Crippen molar-refractivity contribution in [2.24, 2.45) is 5.11 Å². The second kappa shape index (κ2) is 24.2. The molecule has 1 aliphatic heterocycles. The number of rotatable bonds is 25. The van der Waals surface area contributed by atoms with Gasteiger partial charge in [-0.25, -0.2) is 18.5 Å². The smallest absolute Gasteiger partial charge is 0.490 e. The number of benzene rings is 1. The highest BCUT2D eigenvalue weighted by Crippen LogP contribution is 2.66. The summed E-state index contributed by atoms with van der Waals surface area (Å²) in [6.45, 7) is 0.0133. The van der Waals surface area contributed by atoms with E-state index in [0.717, 1.165) is 4.57 Å². The SMILES string of the molecule is CO[C@@H]1C[C@@H](n2cc(C#CCNC(=O)COCCOC(COc3cccc(C(=O)NCCCC(C)=O)c3)N=[N+]=[N-])c(N)nc2=O)OC1COP(=O)(O)OP(=O)(O)OP(=O)(O)O. The molecular formula is C31H43N8O19P3. The van der Waals surface area contributed by atoms with Crippen LogP contribution < -0.4 is 26.8 Å². The molecule has 0 saturated carbocycles. The summed E-state index contributed by atoms with van der Waals surface area (Å²) in [5.41, 5.74) is 14.3. The molecular weight excluding hydrogens is 881 g/mol. The van der Waals surface area contributed by atoms with Crippen molar-refractivity contribution >= 4 is 46.9 Å². The zero-order valence-electron chi connectivity index (χ0n) is 32.3. The monoisotopic (exact) mass is 924 g/mol. The quantitative estimate of drug-likeness (QED) is 0.0181. The minimum atomic E-state index is -5.76. The summed E-state index contributed by atoms with van der Waals surface area (Å²) in [6, 6.07) is 6.27. The summed E-state index contributed by atoms with van der Waals surface area (Å²) >= 11 is 0. The van der Waals surface area contributed by atoms with Gasteiger partial charge >= 0.3 is 29.2 Å². The van der Waals surface area contributed by atoms with E-state index in [1.165, 1.54) is 26.3 Å². The fourth-order valence-electron chi connectivity index (χ4n) is 4.97. The van der Waals surface area contributed by atoms with E-state index in [0.29, 0.717) is 30.7 Å². The third-order valence-electron chi connectivity index (χ3n) is 7.62. The summed E-state index contributed by atoms with van der Waals surface area (Å²) < 4.78 is 74.9. The van der Waals surface area contributed by atoms with Gasteiger partial charge in [-0.05, 0) is 37.1 Å². The minimum Gasteiger partial charge on any atom is -0.491 e. The molecule has 1 aromatic carbocycles. The van der Waals surface area contributed by atoms with E-state index in [2.05, 4.69) is 50.6 Å². The van der Waals surface area contributed by atoms with E-state index >= 15 is 0 Å². The number of nitrogens with zero attached hydrogens (tertiary/aromatic N) is 5. The molecule has 2 aromatic rings. The molecule has 1 aromatic heterocycles. The fourth-order valence-corrected chi connectivity index (χ4v) is 8.00. The number of nitrogens with one attached hydrogen (secondary N) is 2. The Hall–Kier alpha value is -4.57. The Bertz CT molecular complexity index is 2170. The van der Waals surface area contributed by atoms with Crippen molar-refractivity contribution in [3.05, 3.63) is 62.5 Å². The number of nitrogen functional groups attached to an aromatic ring is 1. The third-order valence-corrected chi connectivity index (χ3v) is 11.4. The molecule has 30 heteroatoms. The lowest BCUT2D eigenvalue weighted by atomic mass is 10.2. The molecule has 61 heavy (non-hydrogen) atoms. The number of hydrogen-bond donors (Lipinski definition) is 7. The highest BCUT2D eigenvalue weighted by Gasteiger charge is 2.43. The first-order valence-corrected chi connectivity index (χ1v) is 22.1. The molecule has 27 nitrogen and oxygen atoms in total. The van der Waals surface area contributed by atoms with Crippen LogP contribution >= 0.6 is 23.5 Å². The zero-order chi connectivity index (χ0) is 45.2. The summed E-state index contributed by atoms with van der Waals surface area (Å²) in [6.07, 6.45) is -2.26. The first-order valence-electron chi connectivity index (χ1n) is 17.6. The van der Waals surface area contributed by atoms with Gasteiger partial charge in [-0.2, -0.15) is 13.6 Å². The molecule has 3 rings (SSSR count). The number of ketones is 1. The highest BCUT2D eigenvalue weighted by molar-refractivity contribution is 7.66. The molecule has 1 aliphatic rings. The number of carbonyl (C=O) groups is 3. The number of hydrogen-bond acceptors (Lipinski definition) is 18. The van der Waals surface area contributed by atoms with Crippen LogP contribution in [0.2, 0.25) is 0 Å². The molecule has 1 saturated heterocycles. The second-order valence-electron chi connectivity index (χ2n) is 12.3. The summed E-state index contributed by atoms with van der Waals surface area (Å²) in [5.74, 6) is 4.46. The van der Waals surface area contributed by atoms with Crippen molar-refractivity contribution < 1.29 is 84.5 Å². The Kier molecular flexibility index (Phi) is 20.1. The maximum atomic E-state index is 12.7. The Morgan fingerprint density at radius 3 is 2.59 bits per heavy atom. The number of phosphoric acid groups is 3. The number of nitrogens with two attached hydrogens (primary N) is 1. The molecule has 2 amide bonds. The Balaban J connectivity index is 1.44. The van der Waals surface area contributed by atoms with Gasteiger partial charge in [0.05, 0.1) is 38.0 Å².